The Kier molecular flexibility index (Phi) is 7.86. The van der Waals surface area contributed by atoms with Gasteiger partial charge in [-0.3, -0.25) is 14.7 Å². The normalized spacial score (nSPS) is 18.9. The van der Waals surface area contributed by atoms with Gasteiger partial charge in [-0.1, -0.05) is 18.2 Å². The molecule has 2 aliphatic heterocycles. The molecular weight excluding hydrogens is 474 g/mol. The average molecular weight is 503 g/mol. The Balaban J connectivity index is 1.43. The number of hydrogen-bond donors (Lipinski definition) is 2. The van der Waals surface area contributed by atoms with Crippen LogP contribution in [0.15, 0.2) is 53.9 Å². The van der Waals surface area contributed by atoms with E-state index in [2.05, 4.69) is 11.8 Å². The molecule has 0 unspecified atom stereocenters. The van der Waals surface area contributed by atoms with E-state index in [0.29, 0.717) is 25.2 Å². The lowest BCUT2D eigenvalue weighted by atomic mass is 10.2. The number of hydrogen-bond acceptors (Lipinski definition) is 9. The van der Waals surface area contributed by atoms with E-state index in [1.165, 1.54) is 22.3 Å². The molecule has 2 fully saturated rings. The quantitative estimate of drug-likeness (QED) is 0.419. The molecule has 2 saturated heterocycles. The number of anilines is 2. The number of phenolic OH excluding ortho intramolecular Hbond substituents is 1. The Labute approximate surface area is 207 Å². The number of hydroxylamine groups is 2. The summed E-state index contributed by atoms with van der Waals surface area (Å²) in [5.74, 6) is -1.44. The first-order valence-electron chi connectivity index (χ1n) is 11.4. The van der Waals surface area contributed by atoms with E-state index in [0.717, 1.165) is 12.1 Å². The van der Waals surface area contributed by atoms with E-state index in [4.69, 9.17) is 15.3 Å². The van der Waals surface area contributed by atoms with Crippen LogP contribution in [0.2, 0.25) is 0 Å². The third kappa shape index (κ3) is 5.66. The van der Waals surface area contributed by atoms with Crippen LogP contribution in [0.5, 0.6) is 5.75 Å². The molecule has 192 valence electrons. The number of benzene rings is 2. The van der Waals surface area contributed by atoms with Gasteiger partial charge in [0.25, 0.3) is 0 Å². The third-order valence-corrected chi connectivity index (χ3v) is 5.93. The second kappa shape index (κ2) is 11.2. The van der Waals surface area contributed by atoms with Crippen LogP contribution in [0.25, 0.3) is 0 Å². The second-order valence-electron chi connectivity index (χ2n) is 8.29. The number of para-hydroxylation sites is 1. The third-order valence-electron chi connectivity index (χ3n) is 5.93. The molecule has 2 aliphatic rings. The van der Waals surface area contributed by atoms with Crippen LogP contribution >= 0.6 is 0 Å². The maximum atomic E-state index is 15.2. The minimum Gasteiger partial charge on any atom is -0.508 e. The van der Waals surface area contributed by atoms with Crippen molar-refractivity contribution in [3.05, 3.63) is 66.0 Å². The van der Waals surface area contributed by atoms with Crippen molar-refractivity contribution >= 4 is 24.2 Å². The van der Waals surface area contributed by atoms with Gasteiger partial charge in [0, 0.05) is 56.4 Å². The number of hydrazone groups is 1. The molecule has 1 amide bonds. The number of nitrogens with two attached hydrogens (primary N) is 1. The van der Waals surface area contributed by atoms with Gasteiger partial charge in [0.2, 0.25) is 0 Å². The van der Waals surface area contributed by atoms with Crippen LogP contribution in [0, 0.1) is 11.6 Å². The van der Waals surface area contributed by atoms with Crippen molar-refractivity contribution in [2.24, 2.45) is 10.8 Å². The average Bonchev–Trinajstić information content (AvgIpc) is 3.06. The molecule has 10 nitrogen and oxygen atoms in total. The number of carbonyl (C=O) groups excluding carboxylic acids is 1. The molecule has 0 saturated carbocycles. The number of phenols is 1. The Morgan fingerprint density at radius 3 is 2.67 bits per heavy atom. The van der Waals surface area contributed by atoms with E-state index < -0.39 is 23.8 Å². The molecule has 2 aromatic carbocycles. The van der Waals surface area contributed by atoms with Crippen LogP contribution in [0.1, 0.15) is 5.56 Å². The van der Waals surface area contributed by atoms with Gasteiger partial charge in [-0.2, -0.15) is 10.2 Å². The number of aromatic hydroxyl groups is 1. The minimum absolute atomic E-state index is 0.0565. The van der Waals surface area contributed by atoms with E-state index >= 15 is 8.78 Å². The molecule has 12 heteroatoms. The van der Waals surface area contributed by atoms with Crippen molar-refractivity contribution < 1.29 is 28.3 Å². The molecule has 0 aromatic heterocycles. The van der Waals surface area contributed by atoms with Crippen molar-refractivity contribution in [1.29, 1.82) is 0 Å². The highest BCUT2D eigenvalue weighted by Crippen LogP contribution is 2.32. The van der Waals surface area contributed by atoms with Crippen molar-refractivity contribution in [2.75, 3.05) is 49.1 Å². The molecule has 0 spiro atoms. The van der Waals surface area contributed by atoms with Crippen LogP contribution in [-0.4, -0.2) is 73.4 Å². The number of nitrogens with zero attached hydrogens (tertiary/aromatic N) is 5. The van der Waals surface area contributed by atoms with Crippen LogP contribution < -0.4 is 15.5 Å². The van der Waals surface area contributed by atoms with Gasteiger partial charge in [-0.05, 0) is 6.07 Å². The summed E-state index contributed by atoms with van der Waals surface area (Å²) in [6.45, 7) is 5.16. The predicted molar refractivity (Wildman–Crippen MR) is 130 cm³/mol. The van der Waals surface area contributed by atoms with Crippen molar-refractivity contribution in [2.45, 2.75) is 12.6 Å². The van der Waals surface area contributed by atoms with Gasteiger partial charge >= 0.3 is 6.09 Å². The minimum atomic E-state index is -0.796. The Hall–Kier alpha value is -3.90. The summed E-state index contributed by atoms with van der Waals surface area (Å²) >= 11 is 0. The summed E-state index contributed by atoms with van der Waals surface area (Å²) in [4.78, 5) is 20.8. The van der Waals surface area contributed by atoms with Crippen molar-refractivity contribution in [3.63, 3.8) is 0 Å². The fourth-order valence-electron chi connectivity index (χ4n) is 4.18. The van der Waals surface area contributed by atoms with Gasteiger partial charge in [0.1, 0.15) is 17.5 Å². The highest BCUT2D eigenvalue weighted by Gasteiger charge is 2.34. The molecule has 36 heavy (non-hydrogen) atoms. The second-order valence-corrected chi connectivity index (χ2v) is 8.29. The molecule has 1 atom stereocenters. The molecule has 0 bridgehead atoms. The molecule has 2 heterocycles. The molecule has 3 N–H and O–H groups in total. The highest BCUT2D eigenvalue weighted by atomic mass is 19.1. The number of amides is 1. The van der Waals surface area contributed by atoms with E-state index in [9.17, 15) is 9.90 Å². The molecular formula is C24H28F2N6O4. The Bertz CT molecular complexity index is 1110. The standard InChI is InChI=1S/C24H28F2N6O4/c1-28-30(7-6-27)15-19-16-32(24(34)36-19)18-12-20(25)23(21(26)13-18)29-8-9-31(35-11-10-29)14-17-4-2-3-5-22(17)33/h2-7,12-13,19,33H,1,8-11,14-16,27H2/b7-6-/t19-/m0/s1. The fraction of sp³-hybridized carbons (Fsp3) is 0.333. The fourth-order valence-corrected chi connectivity index (χ4v) is 4.18. The number of halogens is 2. The molecule has 0 aliphatic carbocycles. The maximum Gasteiger partial charge on any atom is 0.414 e. The number of carbonyl (C=O) groups is 1. The van der Waals surface area contributed by atoms with E-state index in [1.54, 1.807) is 28.2 Å². The summed E-state index contributed by atoms with van der Waals surface area (Å²) < 4.78 is 35.6. The van der Waals surface area contributed by atoms with Gasteiger partial charge in [-0.25, -0.2) is 13.6 Å². The summed E-state index contributed by atoms with van der Waals surface area (Å²) in [7, 11) is 0. The van der Waals surface area contributed by atoms with Gasteiger partial charge < -0.3 is 20.5 Å². The first-order valence-corrected chi connectivity index (χ1v) is 11.4. The monoisotopic (exact) mass is 502 g/mol. The largest absolute Gasteiger partial charge is 0.508 e. The molecule has 4 rings (SSSR count). The smallest absolute Gasteiger partial charge is 0.414 e. The lowest BCUT2D eigenvalue weighted by Crippen LogP contribution is -2.32. The van der Waals surface area contributed by atoms with E-state index in [1.807, 2.05) is 6.07 Å². The number of cyclic esters (lactones) is 1. The summed E-state index contributed by atoms with van der Waals surface area (Å²) in [5, 5.41) is 16.8. The van der Waals surface area contributed by atoms with Crippen LogP contribution in [0.4, 0.5) is 25.0 Å². The number of ether oxygens (including phenoxy) is 1. The zero-order valence-electron chi connectivity index (χ0n) is 19.6. The SMILES string of the molecule is C=NN(/C=C\N)C[C@H]1CN(c2cc(F)c(N3CCON(Cc4ccccc4O)CC3)c(F)c2)C(=O)O1. The maximum absolute atomic E-state index is 15.2. The Morgan fingerprint density at radius 2 is 1.97 bits per heavy atom. The molecule has 0 radical (unpaired) electrons. The zero-order chi connectivity index (χ0) is 25.7. The highest BCUT2D eigenvalue weighted by molar-refractivity contribution is 5.90. The van der Waals surface area contributed by atoms with Crippen molar-refractivity contribution in [3.8, 4) is 5.75 Å². The van der Waals surface area contributed by atoms with Crippen LogP contribution in [-0.2, 0) is 16.1 Å². The van der Waals surface area contributed by atoms with Gasteiger partial charge in [-0.15, -0.1) is 0 Å². The van der Waals surface area contributed by atoms with Gasteiger partial charge in [0.15, 0.2) is 11.6 Å². The summed E-state index contributed by atoms with van der Waals surface area (Å²) in [6.07, 6.45) is 1.43. The topological polar surface area (TPSA) is 107 Å². The van der Waals surface area contributed by atoms with Crippen molar-refractivity contribution in [1.82, 2.24) is 10.1 Å². The number of rotatable bonds is 8. The predicted octanol–water partition coefficient (Wildman–Crippen LogP) is 2.60. The first-order chi connectivity index (χ1) is 17.4. The van der Waals surface area contributed by atoms with Gasteiger partial charge in [0.05, 0.1) is 31.9 Å². The summed E-state index contributed by atoms with van der Waals surface area (Å²) in [6, 6.07) is 9.16. The molecule has 2 aromatic rings. The lowest BCUT2D eigenvalue weighted by molar-refractivity contribution is -0.155. The Morgan fingerprint density at radius 1 is 1.22 bits per heavy atom. The van der Waals surface area contributed by atoms with E-state index in [-0.39, 0.29) is 43.4 Å². The first kappa shape index (κ1) is 25.2. The van der Waals surface area contributed by atoms with Crippen LogP contribution in [0.3, 0.4) is 0 Å². The lowest BCUT2D eigenvalue weighted by Gasteiger charge is -2.24. The zero-order valence-corrected chi connectivity index (χ0v) is 19.6. The summed E-state index contributed by atoms with van der Waals surface area (Å²) in [5.41, 5.74) is 5.91.